The summed E-state index contributed by atoms with van der Waals surface area (Å²) in [6, 6.07) is 14.1. The Kier molecular flexibility index (Phi) is 5.59. The van der Waals surface area contributed by atoms with Crippen LogP contribution in [0, 0.1) is 5.92 Å². The highest BCUT2D eigenvalue weighted by atomic mass is 16.6. The highest BCUT2D eigenvalue weighted by molar-refractivity contribution is 5.78. The molecule has 3 aromatic rings. The first kappa shape index (κ1) is 20.0. The maximum absolute atomic E-state index is 6.13. The minimum Gasteiger partial charge on any atom is -0.493 e. The lowest BCUT2D eigenvalue weighted by atomic mass is 9.97. The molecule has 1 aromatic heterocycles. The topological polar surface area (TPSA) is 60.8 Å². The number of aryl methyl sites for hydroxylation is 1. The van der Waals surface area contributed by atoms with Gasteiger partial charge in [0.1, 0.15) is 12.7 Å². The second-order valence-electron chi connectivity index (χ2n) is 8.39. The Morgan fingerprint density at radius 3 is 2.74 bits per heavy atom. The average molecular weight is 423 g/mol. The number of piperidine rings is 1. The standard InChI is InChI=1S/C24H30N4O3/c1-27-20-7-4-3-6-19(20)26-24(27)28-12-10-17(11-13-28)14-25-15-18-16-30-22-9-5-8-21(29-2)23(22)31-18/h3-9,17-18,25H,10-16H2,1-2H3. The van der Waals surface area contributed by atoms with Gasteiger partial charge in [-0.05, 0) is 49.6 Å². The van der Waals surface area contributed by atoms with Crippen molar-refractivity contribution in [3.8, 4) is 17.2 Å². The second kappa shape index (κ2) is 8.67. The van der Waals surface area contributed by atoms with Crippen LogP contribution in [-0.4, -0.2) is 55.6 Å². The molecule has 31 heavy (non-hydrogen) atoms. The van der Waals surface area contributed by atoms with Gasteiger partial charge in [-0.25, -0.2) is 4.98 Å². The Labute approximate surface area is 182 Å². The number of aromatic nitrogens is 2. The van der Waals surface area contributed by atoms with Crippen LogP contribution < -0.4 is 24.4 Å². The molecule has 3 heterocycles. The average Bonchev–Trinajstić information content (AvgIpc) is 3.16. The Morgan fingerprint density at radius 1 is 1.10 bits per heavy atom. The van der Waals surface area contributed by atoms with Gasteiger partial charge in [-0.15, -0.1) is 0 Å². The molecule has 0 spiro atoms. The van der Waals surface area contributed by atoms with Gasteiger partial charge in [0.2, 0.25) is 11.7 Å². The number of anilines is 1. The zero-order valence-corrected chi connectivity index (χ0v) is 18.2. The van der Waals surface area contributed by atoms with Crippen LogP contribution in [0.2, 0.25) is 0 Å². The summed E-state index contributed by atoms with van der Waals surface area (Å²) in [7, 11) is 3.76. The molecule has 0 amide bonds. The highest BCUT2D eigenvalue weighted by Gasteiger charge is 2.26. The number of hydrogen-bond donors (Lipinski definition) is 1. The van der Waals surface area contributed by atoms with Crippen molar-refractivity contribution in [1.82, 2.24) is 14.9 Å². The number of para-hydroxylation sites is 3. The summed E-state index contributed by atoms with van der Waals surface area (Å²) in [5.74, 6) is 3.92. The molecule has 1 saturated heterocycles. The van der Waals surface area contributed by atoms with E-state index >= 15 is 0 Å². The lowest BCUT2D eigenvalue weighted by Gasteiger charge is -2.33. The summed E-state index contributed by atoms with van der Waals surface area (Å²) in [5, 5.41) is 3.60. The van der Waals surface area contributed by atoms with Gasteiger partial charge in [0.15, 0.2) is 11.5 Å². The maximum Gasteiger partial charge on any atom is 0.206 e. The molecule has 0 radical (unpaired) electrons. The lowest BCUT2D eigenvalue weighted by molar-refractivity contribution is 0.0855. The van der Waals surface area contributed by atoms with Crippen LogP contribution >= 0.6 is 0 Å². The molecule has 2 aliphatic rings. The summed E-state index contributed by atoms with van der Waals surface area (Å²) in [4.78, 5) is 7.26. The number of fused-ring (bicyclic) bond motifs is 2. The third kappa shape index (κ3) is 4.02. The Morgan fingerprint density at radius 2 is 1.94 bits per heavy atom. The monoisotopic (exact) mass is 422 g/mol. The summed E-state index contributed by atoms with van der Waals surface area (Å²) in [6.07, 6.45) is 2.31. The van der Waals surface area contributed by atoms with Crippen molar-refractivity contribution >= 4 is 17.0 Å². The zero-order valence-electron chi connectivity index (χ0n) is 18.2. The molecule has 1 N–H and O–H groups in total. The van der Waals surface area contributed by atoms with E-state index in [1.54, 1.807) is 7.11 Å². The molecule has 0 saturated carbocycles. The number of ether oxygens (including phenoxy) is 3. The number of rotatable bonds is 6. The Hall–Kier alpha value is -2.93. The number of methoxy groups -OCH3 is 1. The third-order valence-corrected chi connectivity index (χ3v) is 6.34. The van der Waals surface area contributed by atoms with Gasteiger partial charge in [-0.1, -0.05) is 18.2 Å². The van der Waals surface area contributed by atoms with E-state index in [0.29, 0.717) is 18.3 Å². The van der Waals surface area contributed by atoms with Crippen molar-refractivity contribution in [2.75, 3.05) is 44.8 Å². The number of nitrogens with zero attached hydrogens (tertiary/aromatic N) is 3. The number of hydrogen-bond acceptors (Lipinski definition) is 6. The highest BCUT2D eigenvalue weighted by Crippen LogP contribution is 2.39. The van der Waals surface area contributed by atoms with Crippen LogP contribution in [0.15, 0.2) is 42.5 Å². The maximum atomic E-state index is 6.13. The lowest BCUT2D eigenvalue weighted by Crippen LogP contribution is -2.42. The van der Waals surface area contributed by atoms with E-state index < -0.39 is 0 Å². The van der Waals surface area contributed by atoms with Crippen molar-refractivity contribution in [3.05, 3.63) is 42.5 Å². The van der Waals surface area contributed by atoms with E-state index in [1.165, 1.54) is 5.52 Å². The quantitative estimate of drug-likeness (QED) is 0.658. The predicted octanol–water partition coefficient (Wildman–Crippen LogP) is 3.23. The Bertz CT molecular complexity index is 1030. The molecular formula is C24H30N4O3. The minimum atomic E-state index is -0.0103. The molecular weight excluding hydrogens is 392 g/mol. The first-order valence-electron chi connectivity index (χ1n) is 11.1. The van der Waals surface area contributed by atoms with E-state index in [9.17, 15) is 0 Å². The summed E-state index contributed by atoms with van der Waals surface area (Å²) in [6.45, 7) is 4.39. The molecule has 1 atom stereocenters. The van der Waals surface area contributed by atoms with Gasteiger partial charge in [0.05, 0.1) is 18.1 Å². The summed E-state index contributed by atoms with van der Waals surface area (Å²) < 4.78 is 19.6. The number of imidazole rings is 1. The van der Waals surface area contributed by atoms with E-state index in [2.05, 4.69) is 40.0 Å². The molecule has 2 aromatic carbocycles. The van der Waals surface area contributed by atoms with Crippen LogP contribution in [0.4, 0.5) is 5.95 Å². The molecule has 2 aliphatic heterocycles. The van der Waals surface area contributed by atoms with E-state index in [1.807, 2.05) is 24.3 Å². The second-order valence-corrected chi connectivity index (χ2v) is 8.39. The van der Waals surface area contributed by atoms with Gasteiger partial charge in [0.25, 0.3) is 0 Å². The predicted molar refractivity (Wildman–Crippen MR) is 121 cm³/mol. The van der Waals surface area contributed by atoms with Crippen molar-refractivity contribution in [3.63, 3.8) is 0 Å². The van der Waals surface area contributed by atoms with Gasteiger partial charge >= 0.3 is 0 Å². The normalized spacial score (nSPS) is 19.0. The molecule has 7 heteroatoms. The fourth-order valence-corrected chi connectivity index (χ4v) is 4.57. The molecule has 7 nitrogen and oxygen atoms in total. The van der Waals surface area contributed by atoms with Crippen LogP contribution in [-0.2, 0) is 7.05 Å². The van der Waals surface area contributed by atoms with Crippen molar-refractivity contribution in [2.24, 2.45) is 13.0 Å². The van der Waals surface area contributed by atoms with Gasteiger partial charge in [-0.3, -0.25) is 0 Å². The fraction of sp³-hybridized carbons (Fsp3) is 0.458. The summed E-state index contributed by atoms with van der Waals surface area (Å²) in [5.41, 5.74) is 2.26. The van der Waals surface area contributed by atoms with Gasteiger partial charge < -0.3 is 29.0 Å². The van der Waals surface area contributed by atoms with Crippen molar-refractivity contribution in [1.29, 1.82) is 0 Å². The molecule has 0 bridgehead atoms. The Balaban J connectivity index is 1.10. The first-order valence-corrected chi connectivity index (χ1v) is 11.1. The van der Waals surface area contributed by atoms with E-state index in [4.69, 9.17) is 19.2 Å². The van der Waals surface area contributed by atoms with Crippen LogP contribution in [0.5, 0.6) is 17.2 Å². The van der Waals surface area contributed by atoms with Crippen LogP contribution in [0.25, 0.3) is 11.0 Å². The van der Waals surface area contributed by atoms with Crippen molar-refractivity contribution < 1.29 is 14.2 Å². The molecule has 164 valence electrons. The summed E-state index contributed by atoms with van der Waals surface area (Å²) >= 11 is 0. The molecule has 5 rings (SSSR count). The van der Waals surface area contributed by atoms with Gasteiger partial charge in [0, 0.05) is 26.7 Å². The smallest absolute Gasteiger partial charge is 0.206 e. The van der Waals surface area contributed by atoms with Gasteiger partial charge in [-0.2, -0.15) is 0 Å². The molecule has 1 fully saturated rings. The third-order valence-electron chi connectivity index (χ3n) is 6.34. The first-order chi connectivity index (χ1) is 15.2. The van der Waals surface area contributed by atoms with Crippen LogP contribution in [0.1, 0.15) is 12.8 Å². The largest absolute Gasteiger partial charge is 0.493 e. The van der Waals surface area contributed by atoms with E-state index in [0.717, 1.165) is 62.0 Å². The fourth-order valence-electron chi connectivity index (χ4n) is 4.57. The SMILES string of the molecule is COc1cccc2c1OC(CNCC1CCN(c3nc4ccccc4n3C)CC1)CO2. The van der Waals surface area contributed by atoms with E-state index in [-0.39, 0.29) is 6.10 Å². The van der Waals surface area contributed by atoms with Crippen LogP contribution in [0.3, 0.4) is 0 Å². The molecule has 0 aliphatic carbocycles. The minimum absolute atomic E-state index is 0.0103. The number of benzene rings is 2. The van der Waals surface area contributed by atoms with Crippen molar-refractivity contribution in [2.45, 2.75) is 18.9 Å². The molecule has 1 unspecified atom stereocenters. The zero-order chi connectivity index (χ0) is 21.2. The number of nitrogens with one attached hydrogen (secondary N) is 1.